The number of amides is 6. The van der Waals surface area contributed by atoms with Gasteiger partial charge in [-0.3, -0.25) is 39.4 Å². The highest BCUT2D eigenvalue weighted by molar-refractivity contribution is 8.03. The van der Waals surface area contributed by atoms with Gasteiger partial charge in [-0.15, -0.1) is 23.5 Å². The van der Waals surface area contributed by atoms with Crippen LogP contribution in [-0.2, 0) is 41.6 Å². The minimum Gasteiger partial charge on any atom is -0.352 e. The van der Waals surface area contributed by atoms with E-state index < -0.39 is 92.2 Å². The molecule has 2 fully saturated rings. The van der Waals surface area contributed by atoms with Crippen molar-refractivity contribution >= 4 is 59.0 Å². The first-order chi connectivity index (χ1) is 27.9. The van der Waals surface area contributed by atoms with Crippen LogP contribution in [0.1, 0.15) is 38.8 Å². The maximum absolute atomic E-state index is 14.1. The van der Waals surface area contributed by atoms with Crippen LogP contribution in [0.2, 0.25) is 0 Å². The van der Waals surface area contributed by atoms with Crippen molar-refractivity contribution in [2.45, 2.75) is 84.2 Å². The molecule has 2 aliphatic rings. The molecular formula is C38H48F6N8O6S2. The van der Waals surface area contributed by atoms with E-state index in [0.717, 1.165) is 23.5 Å². The van der Waals surface area contributed by atoms with Crippen LogP contribution >= 0.6 is 23.5 Å². The van der Waals surface area contributed by atoms with Crippen LogP contribution in [0.4, 0.5) is 26.3 Å². The van der Waals surface area contributed by atoms with Crippen molar-refractivity contribution in [3.8, 4) is 0 Å². The molecule has 0 radical (unpaired) electrons. The van der Waals surface area contributed by atoms with E-state index in [2.05, 4.69) is 31.9 Å². The molecule has 4 atom stereocenters. The number of carbonyl (C=O) groups is 6. The molecule has 2 saturated heterocycles. The Labute approximate surface area is 351 Å². The molecule has 22 heteroatoms. The first kappa shape index (κ1) is 48.1. The number of thioether (sulfide) groups is 2. The van der Waals surface area contributed by atoms with Gasteiger partial charge in [0.1, 0.15) is 25.2 Å². The monoisotopic (exact) mass is 890 g/mol. The Balaban J connectivity index is 1.56. The molecule has 2 heterocycles. The topological polar surface area (TPSA) is 199 Å². The smallest absolute Gasteiger partial charge is 0.352 e. The zero-order chi connectivity index (χ0) is 44.6. The molecule has 2 aromatic carbocycles. The number of nitrogens with one attached hydrogen (secondary N) is 8. The van der Waals surface area contributed by atoms with Gasteiger partial charge in [0.2, 0.25) is 23.6 Å². The van der Waals surface area contributed by atoms with Crippen molar-refractivity contribution in [3.63, 3.8) is 0 Å². The predicted molar refractivity (Wildman–Crippen MR) is 213 cm³/mol. The minimum absolute atomic E-state index is 0.0778. The van der Waals surface area contributed by atoms with Gasteiger partial charge in [-0.05, 0) is 38.8 Å². The fourth-order valence-corrected chi connectivity index (χ4v) is 9.64. The lowest BCUT2D eigenvalue weighted by molar-refractivity contribution is -0.143. The Bertz CT molecular complexity index is 1740. The highest BCUT2D eigenvalue weighted by Gasteiger charge is 2.59. The summed E-state index contributed by atoms with van der Waals surface area (Å²) in [6, 6.07) is 12.8. The quantitative estimate of drug-likeness (QED) is 0.0855. The summed E-state index contributed by atoms with van der Waals surface area (Å²) < 4.78 is 77.9. The van der Waals surface area contributed by atoms with E-state index >= 15 is 0 Å². The lowest BCUT2D eigenvalue weighted by Crippen LogP contribution is -2.70. The van der Waals surface area contributed by atoms with Gasteiger partial charge in [0.25, 0.3) is 11.8 Å². The first-order valence-corrected chi connectivity index (χ1v) is 20.3. The van der Waals surface area contributed by atoms with Crippen LogP contribution in [-0.4, -0.2) is 118 Å². The molecule has 0 aromatic heterocycles. The molecule has 0 aliphatic carbocycles. The molecule has 0 spiro atoms. The Kier molecular flexibility index (Phi) is 15.6. The molecule has 6 amide bonds. The summed E-state index contributed by atoms with van der Waals surface area (Å²) in [7, 11) is 0. The third-order valence-corrected chi connectivity index (χ3v) is 12.3. The van der Waals surface area contributed by atoms with Crippen molar-refractivity contribution in [1.29, 1.82) is 0 Å². The third kappa shape index (κ3) is 13.5. The highest BCUT2D eigenvalue weighted by Crippen LogP contribution is 2.44. The van der Waals surface area contributed by atoms with Crippen LogP contribution in [0.3, 0.4) is 0 Å². The lowest BCUT2D eigenvalue weighted by Gasteiger charge is -2.37. The van der Waals surface area contributed by atoms with Crippen molar-refractivity contribution in [3.05, 3.63) is 71.8 Å². The van der Waals surface area contributed by atoms with Gasteiger partial charge in [0, 0.05) is 35.7 Å². The average Bonchev–Trinajstić information content (AvgIpc) is 3.68. The second kappa shape index (κ2) is 19.4. The number of alkyl halides is 6. The number of rotatable bonds is 17. The van der Waals surface area contributed by atoms with E-state index in [1.54, 1.807) is 99.0 Å². The van der Waals surface area contributed by atoms with Gasteiger partial charge in [0.15, 0.2) is 9.74 Å². The molecule has 0 saturated carbocycles. The summed E-state index contributed by atoms with van der Waals surface area (Å²) in [6.45, 7) is 2.75. The summed E-state index contributed by atoms with van der Waals surface area (Å²) in [5.41, 5.74) is 1.05. The molecule has 8 N–H and O–H groups in total. The van der Waals surface area contributed by atoms with E-state index in [9.17, 15) is 55.1 Å². The van der Waals surface area contributed by atoms with Crippen molar-refractivity contribution in [2.75, 3.05) is 39.3 Å². The second-order valence-electron chi connectivity index (χ2n) is 15.4. The van der Waals surface area contributed by atoms with Gasteiger partial charge in [-0.2, -0.15) is 26.3 Å². The fourth-order valence-electron chi connectivity index (χ4n) is 6.43. The number of hydrogen-bond acceptors (Lipinski definition) is 10. The van der Waals surface area contributed by atoms with E-state index in [-0.39, 0.29) is 39.0 Å². The summed E-state index contributed by atoms with van der Waals surface area (Å²) in [5, 5.41) is 19.4. The predicted octanol–water partition coefficient (Wildman–Crippen LogP) is 1.65. The van der Waals surface area contributed by atoms with Crippen LogP contribution in [0.5, 0.6) is 0 Å². The minimum atomic E-state index is -4.82. The number of benzene rings is 2. The molecule has 0 bridgehead atoms. The lowest BCUT2D eigenvalue weighted by atomic mass is 10.0. The van der Waals surface area contributed by atoms with Crippen LogP contribution in [0.15, 0.2) is 60.7 Å². The maximum atomic E-state index is 14.1. The van der Waals surface area contributed by atoms with Crippen LogP contribution in [0, 0.1) is 0 Å². The highest BCUT2D eigenvalue weighted by atomic mass is 32.2. The molecule has 14 nitrogen and oxygen atoms in total. The maximum Gasteiger partial charge on any atom is 0.405 e. The zero-order valence-corrected chi connectivity index (χ0v) is 34.8. The first-order valence-electron chi connectivity index (χ1n) is 18.7. The van der Waals surface area contributed by atoms with Gasteiger partial charge < -0.3 is 31.9 Å². The third-order valence-electron chi connectivity index (χ3n) is 9.09. The van der Waals surface area contributed by atoms with E-state index in [0.29, 0.717) is 11.1 Å². The molecule has 4 rings (SSSR count). The van der Waals surface area contributed by atoms with Crippen LogP contribution < -0.4 is 42.5 Å². The number of hydrogen-bond donors (Lipinski definition) is 8. The Morgan fingerprint density at radius 1 is 0.583 bits per heavy atom. The SMILES string of the molecule is CC1(C)CNC(C(=O)NCCNC(=O)C2(C(NC(=O)Cc3ccccc3)C(=O)NCC(F)(F)F)NCC(C)(C)S2)(C(NC(=O)Cc2ccccc2)C(=O)NCC(F)(F)F)S1. The fraction of sp³-hybridized carbons (Fsp3) is 0.526. The van der Waals surface area contributed by atoms with E-state index in [4.69, 9.17) is 0 Å². The van der Waals surface area contributed by atoms with Gasteiger partial charge >= 0.3 is 12.4 Å². The number of carbonyl (C=O) groups excluding carboxylic acids is 6. The summed E-state index contributed by atoms with van der Waals surface area (Å²) in [4.78, 5) is 77.6. The average molecular weight is 891 g/mol. The zero-order valence-electron chi connectivity index (χ0n) is 33.1. The van der Waals surface area contributed by atoms with E-state index in [1.807, 2.05) is 0 Å². The summed E-state index contributed by atoms with van der Waals surface area (Å²) >= 11 is 1.80. The summed E-state index contributed by atoms with van der Waals surface area (Å²) in [6.07, 6.45) is -10.2. The molecule has 60 heavy (non-hydrogen) atoms. The van der Waals surface area contributed by atoms with Crippen molar-refractivity contribution in [2.24, 2.45) is 0 Å². The van der Waals surface area contributed by atoms with Gasteiger partial charge in [-0.25, -0.2) is 0 Å². The molecular weight excluding hydrogens is 843 g/mol. The Hall–Kier alpha value is -4.54. The molecule has 2 aliphatic heterocycles. The van der Waals surface area contributed by atoms with Gasteiger partial charge in [0.05, 0.1) is 12.8 Å². The Morgan fingerprint density at radius 2 is 0.917 bits per heavy atom. The van der Waals surface area contributed by atoms with Crippen molar-refractivity contribution in [1.82, 2.24) is 42.5 Å². The molecule has 4 unspecified atom stereocenters. The largest absolute Gasteiger partial charge is 0.405 e. The van der Waals surface area contributed by atoms with E-state index in [1.165, 1.54) is 0 Å². The molecule has 330 valence electrons. The van der Waals surface area contributed by atoms with Crippen molar-refractivity contribution < 1.29 is 55.1 Å². The molecule has 2 aromatic rings. The standard InChI is InChI=1S/C38H48F6N8O6S2/c1-33(2)19-49-37(59-33,27(29(55)47-21-35(39,40)41)51-25(53)17-23-11-7-5-8-12-23)31(57)45-15-16-46-32(58)38(50-20-34(3,4)60-38)28(30(56)48-22-36(42,43)44)52-26(54)18-24-13-9-6-10-14-24/h5-14,27-28,49-50H,15-22H2,1-4H3,(H,45,57)(H,46,58)(H,47,55)(H,48,56)(H,51,53)(H,52,54). The van der Waals surface area contributed by atoms with Gasteiger partial charge in [-0.1, -0.05) is 60.7 Å². The number of halogens is 6. The second-order valence-corrected chi connectivity index (χ2v) is 19.3. The normalized spacial score (nSPS) is 21.8. The summed E-state index contributed by atoms with van der Waals surface area (Å²) in [5.74, 6) is -5.98. The van der Waals surface area contributed by atoms with Crippen LogP contribution in [0.25, 0.3) is 0 Å². The Morgan fingerprint density at radius 3 is 1.20 bits per heavy atom.